The molecule has 0 unspecified atom stereocenters. The molecule has 0 saturated carbocycles. The first kappa shape index (κ1) is 18.5. The molecule has 0 saturated heterocycles. The Kier molecular flexibility index (Phi) is 5.46. The summed E-state index contributed by atoms with van der Waals surface area (Å²) in [6.07, 6.45) is 1.73. The molecule has 3 rings (SSSR count). The number of rotatable bonds is 6. The monoisotopic (exact) mass is 385 g/mol. The average Bonchev–Trinajstić information content (AvgIpc) is 3.23. The number of anilines is 1. The van der Waals surface area contributed by atoms with Gasteiger partial charge < -0.3 is 25.2 Å². The van der Waals surface area contributed by atoms with E-state index in [9.17, 15) is 5.21 Å². The Balaban J connectivity index is 2.15. The van der Waals surface area contributed by atoms with Crippen molar-refractivity contribution in [3.63, 3.8) is 0 Å². The number of thiazole rings is 1. The normalized spacial score (nSPS) is 11.3. The van der Waals surface area contributed by atoms with Gasteiger partial charge in [-0.1, -0.05) is 5.16 Å². The molecule has 0 fully saturated rings. The van der Waals surface area contributed by atoms with Crippen LogP contribution in [0.4, 0.5) is 5.69 Å². The Labute approximate surface area is 160 Å². The van der Waals surface area contributed by atoms with Crippen LogP contribution in [-0.4, -0.2) is 37.2 Å². The molecule has 0 spiro atoms. The van der Waals surface area contributed by atoms with Crippen LogP contribution in [0.15, 0.2) is 47.1 Å². The minimum atomic E-state index is 0.283. The van der Waals surface area contributed by atoms with E-state index in [0.29, 0.717) is 34.1 Å². The highest BCUT2D eigenvalue weighted by Crippen LogP contribution is 2.39. The molecule has 0 atom stereocenters. The van der Waals surface area contributed by atoms with E-state index in [1.54, 1.807) is 24.4 Å². The Hall–Kier alpha value is -3.26. The predicted molar refractivity (Wildman–Crippen MR) is 105 cm³/mol. The Morgan fingerprint density at radius 3 is 2.30 bits per heavy atom. The third kappa shape index (κ3) is 3.52. The van der Waals surface area contributed by atoms with Gasteiger partial charge in [0, 0.05) is 34.0 Å². The van der Waals surface area contributed by atoms with Crippen LogP contribution in [0.2, 0.25) is 0 Å². The molecule has 3 aromatic rings. The number of hydrogen-bond donors (Lipinski definition) is 2. The van der Waals surface area contributed by atoms with Gasteiger partial charge in [0.05, 0.1) is 21.3 Å². The topological polar surface area (TPSA) is 99.2 Å². The van der Waals surface area contributed by atoms with Crippen LogP contribution in [0, 0.1) is 0 Å². The third-order valence-corrected chi connectivity index (χ3v) is 4.85. The molecular formula is C19H19N3O4S. The van der Waals surface area contributed by atoms with E-state index in [1.165, 1.54) is 32.7 Å². The van der Waals surface area contributed by atoms with Crippen LogP contribution >= 0.6 is 11.3 Å². The largest absolute Gasteiger partial charge is 0.493 e. The molecular weight excluding hydrogens is 366 g/mol. The van der Waals surface area contributed by atoms with Crippen molar-refractivity contribution >= 4 is 22.7 Å². The summed E-state index contributed by atoms with van der Waals surface area (Å²) in [5, 5.41) is 16.0. The van der Waals surface area contributed by atoms with Crippen molar-refractivity contribution in [3.8, 4) is 27.8 Å². The molecule has 27 heavy (non-hydrogen) atoms. The fraction of sp³-hybridized carbons (Fsp3) is 0.158. The van der Waals surface area contributed by atoms with Crippen molar-refractivity contribution in [2.45, 2.75) is 0 Å². The highest BCUT2D eigenvalue weighted by atomic mass is 32.1. The fourth-order valence-electron chi connectivity index (χ4n) is 2.75. The lowest BCUT2D eigenvalue weighted by atomic mass is 9.98. The van der Waals surface area contributed by atoms with E-state index in [-0.39, 0.29) is 5.71 Å². The zero-order chi connectivity index (χ0) is 19.4. The molecule has 3 N–H and O–H groups in total. The Morgan fingerprint density at radius 2 is 1.78 bits per heavy atom. The van der Waals surface area contributed by atoms with Gasteiger partial charge in [-0.3, -0.25) is 0 Å². The zero-order valence-electron chi connectivity index (χ0n) is 15.1. The number of hydrogen-bond acceptors (Lipinski definition) is 8. The van der Waals surface area contributed by atoms with Gasteiger partial charge in [-0.05, 0) is 30.3 Å². The molecule has 0 radical (unpaired) electrons. The minimum absolute atomic E-state index is 0.283. The van der Waals surface area contributed by atoms with E-state index in [0.717, 1.165) is 10.6 Å². The summed E-state index contributed by atoms with van der Waals surface area (Å²) >= 11 is 1.51. The Bertz CT molecular complexity index is 946. The SMILES string of the molecule is COc1cc(C(=NO)c2cc(-c3nccs3)ccc2N)cc(OC)c1OC. The van der Waals surface area contributed by atoms with Gasteiger partial charge in [-0.2, -0.15) is 0 Å². The van der Waals surface area contributed by atoms with Gasteiger partial charge in [-0.15, -0.1) is 11.3 Å². The first-order valence-electron chi connectivity index (χ1n) is 7.95. The molecule has 8 heteroatoms. The highest BCUT2D eigenvalue weighted by molar-refractivity contribution is 7.13. The van der Waals surface area contributed by atoms with Crippen molar-refractivity contribution in [1.29, 1.82) is 0 Å². The minimum Gasteiger partial charge on any atom is -0.493 e. The second kappa shape index (κ2) is 7.96. The number of methoxy groups -OCH3 is 3. The van der Waals surface area contributed by atoms with Crippen molar-refractivity contribution in [3.05, 3.63) is 53.0 Å². The summed E-state index contributed by atoms with van der Waals surface area (Å²) in [4.78, 5) is 4.31. The number of ether oxygens (including phenoxy) is 3. The van der Waals surface area contributed by atoms with Gasteiger partial charge in [0.25, 0.3) is 0 Å². The molecule has 2 aromatic carbocycles. The molecule has 0 aliphatic heterocycles. The van der Waals surface area contributed by atoms with Crippen molar-refractivity contribution in [2.24, 2.45) is 5.16 Å². The van der Waals surface area contributed by atoms with Gasteiger partial charge >= 0.3 is 0 Å². The summed E-state index contributed by atoms with van der Waals surface area (Å²) in [5.74, 6) is 1.34. The lowest BCUT2D eigenvalue weighted by Gasteiger charge is -2.15. The van der Waals surface area contributed by atoms with Crippen LogP contribution in [0.25, 0.3) is 10.6 Å². The second-order valence-electron chi connectivity index (χ2n) is 5.50. The summed E-state index contributed by atoms with van der Waals surface area (Å²) in [6, 6.07) is 8.88. The van der Waals surface area contributed by atoms with Crippen LogP contribution in [-0.2, 0) is 0 Å². The molecule has 0 aliphatic rings. The van der Waals surface area contributed by atoms with Gasteiger partial charge in [-0.25, -0.2) is 4.98 Å². The molecule has 0 amide bonds. The molecule has 1 heterocycles. The molecule has 7 nitrogen and oxygen atoms in total. The van der Waals surface area contributed by atoms with Crippen molar-refractivity contribution in [2.75, 3.05) is 27.1 Å². The van der Waals surface area contributed by atoms with Crippen LogP contribution < -0.4 is 19.9 Å². The van der Waals surface area contributed by atoms with E-state index in [4.69, 9.17) is 19.9 Å². The van der Waals surface area contributed by atoms with E-state index in [2.05, 4.69) is 10.1 Å². The lowest BCUT2D eigenvalue weighted by Crippen LogP contribution is -2.09. The number of aromatic nitrogens is 1. The third-order valence-electron chi connectivity index (χ3n) is 4.03. The van der Waals surface area contributed by atoms with Gasteiger partial charge in [0.2, 0.25) is 5.75 Å². The number of benzene rings is 2. The second-order valence-corrected chi connectivity index (χ2v) is 6.40. The van der Waals surface area contributed by atoms with Gasteiger partial charge in [0.1, 0.15) is 10.7 Å². The number of nitrogens with zero attached hydrogens (tertiary/aromatic N) is 2. The predicted octanol–water partition coefficient (Wildman–Crippen LogP) is 3.64. The van der Waals surface area contributed by atoms with Crippen LogP contribution in [0.5, 0.6) is 17.2 Å². The number of nitrogens with two attached hydrogens (primary N) is 1. The zero-order valence-corrected chi connectivity index (χ0v) is 15.9. The molecule has 140 valence electrons. The van der Waals surface area contributed by atoms with Crippen molar-refractivity contribution in [1.82, 2.24) is 4.98 Å². The van der Waals surface area contributed by atoms with E-state index >= 15 is 0 Å². The number of oxime groups is 1. The van der Waals surface area contributed by atoms with Crippen molar-refractivity contribution < 1.29 is 19.4 Å². The summed E-state index contributed by atoms with van der Waals surface area (Å²) < 4.78 is 16.1. The standard InChI is InChI=1S/C19H19N3O4S/c1-24-15-9-12(10-16(25-2)18(15)26-3)17(22-23)13-8-11(4-5-14(13)20)19-21-6-7-27-19/h4-10,23H,20H2,1-3H3. The summed E-state index contributed by atoms with van der Waals surface area (Å²) in [6.45, 7) is 0. The quantitative estimate of drug-likeness (QED) is 0.291. The number of nitrogen functional groups attached to an aromatic ring is 1. The molecule has 1 aromatic heterocycles. The van der Waals surface area contributed by atoms with E-state index < -0.39 is 0 Å². The van der Waals surface area contributed by atoms with E-state index in [1.807, 2.05) is 17.5 Å². The highest BCUT2D eigenvalue weighted by Gasteiger charge is 2.19. The van der Waals surface area contributed by atoms with Gasteiger partial charge in [0.15, 0.2) is 11.5 Å². The Morgan fingerprint density at radius 1 is 1.07 bits per heavy atom. The average molecular weight is 385 g/mol. The fourth-order valence-corrected chi connectivity index (χ4v) is 3.38. The summed E-state index contributed by atoms with van der Waals surface area (Å²) in [7, 11) is 4.57. The van der Waals surface area contributed by atoms with Crippen LogP contribution in [0.3, 0.4) is 0 Å². The first-order chi connectivity index (χ1) is 13.1. The van der Waals surface area contributed by atoms with Crippen LogP contribution in [0.1, 0.15) is 11.1 Å². The maximum absolute atomic E-state index is 9.74. The maximum Gasteiger partial charge on any atom is 0.203 e. The lowest BCUT2D eigenvalue weighted by molar-refractivity contribution is 0.318. The first-order valence-corrected chi connectivity index (χ1v) is 8.83. The summed E-state index contributed by atoms with van der Waals surface area (Å²) in [5.41, 5.74) is 8.92. The molecule has 0 aliphatic carbocycles. The maximum atomic E-state index is 9.74. The smallest absolute Gasteiger partial charge is 0.203 e. The molecule has 0 bridgehead atoms.